The molecule has 8 heteroatoms. The maximum atomic E-state index is 5.26. The van der Waals surface area contributed by atoms with Crippen LogP contribution in [0.25, 0.3) is 21.5 Å². The Morgan fingerprint density at radius 1 is 0.625 bits per heavy atom. The molecule has 0 bridgehead atoms. The fraction of sp³-hybridized carbons (Fsp3) is 0. The Balaban J connectivity index is 0.000000141. The summed E-state index contributed by atoms with van der Waals surface area (Å²) in [7, 11) is 0. The summed E-state index contributed by atoms with van der Waals surface area (Å²) >= 11 is 0. The second-order valence-corrected chi connectivity index (χ2v) is 4.85. The van der Waals surface area contributed by atoms with E-state index in [9.17, 15) is 0 Å². The fourth-order valence-electron chi connectivity index (χ4n) is 2.27. The molecule has 8 nitrogen and oxygen atoms in total. The number of fused-ring (bicyclic) bond motifs is 2. The molecule has 2 aromatic carbocycles. The van der Waals surface area contributed by atoms with Gasteiger partial charge >= 0.3 is 0 Å². The molecule has 6 N–H and O–H groups in total. The molecule has 0 aliphatic heterocycles. The Kier molecular flexibility index (Phi) is 4.70. The summed E-state index contributed by atoms with van der Waals surface area (Å²) in [5.74, 6) is 11.7. The van der Waals surface area contributed by atoms with E-state index in [1.54, 1.807) is 12.4 Å². The molecule has 0 saturated carbocycles. The van der Waals surface area contributed by atoms with E-state index in [0.717, 1.165) is 21.5 Å². The van der Waals surface area contributed by atoms with E-state index in [-0.39, 0.29) is 0 Å². The molecule has 0 unspecified atom stereocenters. The van der Waals surface area contributed by atoms with E-state index in [2.05, 4.69) is 31.2 Å². The van der Waals surface area contributed by atoms with Crippen molar-refractivity contribution in [3.8, 4) is 0 Å². The molecule has 0 fully saturated rings. The van der Waals surface area contributed by atoms with Crippen LogP contribution in [0.1, 0.15) is 0 Å². The van der Waals surface area contributed by atoms with Crippen LogP contribution in [0.2, 0.25) is 0 Å². The van der Waals surface area contributed by atoms with Gasteiger partial charge in [-0.05, 0) is 0 Å². The highest BCUT2D eigenvalue weighted by atomic mass is 15.3. The van der Waals surface area contributed by atoms with Crippen LogP contribution in [-0.2, 0) is 0 Å². The lowest BCUT2D eigenvalue weighted by atomic mass is 10.2. The molecule has 24 heavy (non-hydrogen) atoms. The van der Waals surface area contributed by atoms with E-state index >= 15 is 0 Å². The zero-order valence-electron chi connectivity index (χ0n) is 12.7. The first-order chi connectivity index (χ1) is 11.8. The van der Waals surface area contributed by atoms with Crippen molar-refractivity contribution in [3.63, 3.8) is 0 Å². The Labute approximate surface area is 137 Å². The van der Waals surface area contributed by atoms with Crippen molar-refractivity contribution in [2.45, 2.75) is 0 Å². The van der Waals surface area contributed by atoms with Gasteiger partial charge in [-0.2, -0.15) is 10.2 Å². The number of nitrogens with one attached hydrogen (secondary N) is 2. The van der Waals surface area contributed by atoms with E-state index in [4.69, 9.17) is 11.7 Å². The molecule has 0 atom stereocenters. The predicted octanol–water partition coefficient (Wildman–Crippen LogP) is 1.83. The highest BCUT2D eigenvalue weighted by Crippen LogP contribution is 2.18. The second-order valence-electron chi connectivity index (χ2n) is 4.85. The van der Waals surface area contributed by atoms with Gasteiger partial charge < -0.3 is 10.9 Å². The number of hydrogen-bond donors (Lipinski definition) is 4. The van der Waals surface area contributed by atoms with E-state index < -0.39 is 0 Å². The molecular formula is C16H16N8. The van der Waals surface area contributed by atoms with Crippen molar-refractivity contribution in [1.29, 1.82) is 0 Å². The lowest BCUT2D eigenvalue weighted by Gasteiger charge is -2.01. The van der Waals surface area contributed by atoms with Gasteiger partial charge in [-0.25, -0.2) is 11.7 Å². The number of aromatic nitrogens is 4. The van der Waals surface area contributed by atoms with Crippen LogP contribution >= 0.6 is 0 Å². The van der Waals surface area contributed by atoms with E-state index in [0.29, 0.717) is 11.6 Å². The Morgan fingerprint density at radius 2 is 1.04 bits per heavy atom. The van der Waals surface area contributed by atoms with Crippen LogP contribution in [0.5, 0.6) is 0 Å². The van der Waals surface area contributed by atoms with Gasteiger partial charge in [-0.15, -0.1) is 10.2 Å². The summed E-state index contributed by atoms with van der Waals surface area (Å²) in [6.07, 6.45) is 3.41. The first-order valence-corrected chi connectivity index (χ1v) is 7.17. The van der Waals surface area contributed by atoms with Gasteiger partial charge in [0.2, 0.25) is 0 Å². The summed E-state index contributed by atoms with van der Waals surface area (Å²) in [6.45, 7) is 0. The molecule has 0 radical (unpaired) electrons. The average molecular weight is 320 g/mol. The highest BCUT2D eigenvalue weighted by Gasteiger charge is 1.99. The zero-order chi connectivity index (χ0) is 16.8. The predicted molar refractivity (Wildman–Crippen MR) is 94.7 cm³/mol. The first-order valence-electron chi connectivity index (χ1n) is 7.17. The van der Waals surface area contributed by atoms with Gasteiger partial charge in [0, 0.05) is 21.5 Å². The third-order valence-corrected chi connectivity index (χ3v) is 3.41. The van der Waals surface area contributed by atoms with Gasteiger partial charge in [-0.1, -0.05) is 48.5 Å². The number of hydrogen-bond acceptors (Lipinski definition) is 8. The lowest BCUT2D eigenvalue weighted by molar-refractivity contribution is 1.04. The second kappa shape index (κ2) is 7.27. The number of nitrogens with zero attached hydrogens (tertiary/aromatic N) is 4. The quantitative estimate of drug-likeness (QED) is 0.325. The van der Waals surface area contributed by atoms with Crippen LogP contribution in [0.15, 0.2) is 60.9 Å². The van der Waals surface area contributed by atoms with Crippen molar-refractivity contribution < 1.29 is 0 Å². The van der Waals surface area contributed by atoms with Crippen LogP contribution in [-0.4, -0.2) is 20.4 Å². The minimum atomic E-state index is 0.605. The Morgan fingerprint density at radius 3 is 1.46 bits per heavy atom. The highest BCUT2D eigenvalue weighted by molar-refractivity contribution is 5.91. The number of benzene rings is 2. The number of nitrogens with two attached hydrogens (primary N) is 2. The van der Waals surface area contributed by atoms with Gasteiger partial charge in [0.05, 0.1) is 12.4 Å². The summed E-state index contributed by atoms with van der Waals surface area (Å²) in [4.78, 5) is 0. The molecule has 4 rings (SSSR count). The zero-order valence-corrected chi connectivity index (χ0v) is 12.7. The molecule has 2 aromatic heterocycles. The molecule has 120 valence electrons. The summed E-state index contributed by atoms with van der Waals surface area (Å²) in [5, 5.41) is 19.3. The van der Waals surface area contributed by atoms with Crippen molar-refractivity contribution in [2.24, 2.45) is 11.7 Å². The van der Waals surface area contributed by atoms with E-state index in [1.165, 1.54) is 0 Å². The molecule has 4 aromatic rings. The van der Waals surface area contributed by atoms with Crippen LogP contribution in [0, 0.1) is 0 Å². The van der Waals surface area contributed by atoms with Gasteiger partial charge in [0.25, 0.3) is 0 Å². The van der Waals surface area contributed by atoms with E-state index in [1.807, 2.05) is 48.5 Å². The molecule has 0 aliphatic rings. The molecule has 0 amide bonds. The lowest BCUT2D eigenvalue weighted by Crippen LogP contribution is -2.09. The third kappa shape index (κ3) is 3.19. The fourth-order valence-corrected chi connectivity index (χ4v) is 2.27. The van der Waals surface area contributed by atoms with Crippen molar-refractivity contribution in [1.82, 2.24) is 20.4 Å². The summed E-state index contributed by atoms with van der Waals surface area (Å²) < 4.78 is 0. The normalized spacial score (nSPS) is 10.1. The molecular weight excluding hydrogens is 304 g/mol. The topological polar surface area (TPSA) is 128 Å². The number of nitrogen functional groups attached to an aromatic ring is 2. The summed E-state index contributed by atoms with van der Waals surface area (Å²) in [6, 6.07) is 15.6. The largest absolute Gasteiger partial charge is 0.306 e. The van der Waals surface area contributed by atoms with Crippen LogP contribution in [0.3, 0.4) is 0 Å². The minimum absolute atomic E-state index is 0.605. The Hall–Kier alpha value is -3.36. The molecule has 0 aliphatic carbocycles. The van der Waals surface area contributed by atoms with Gasteiger partial charge in [0.1, 0.15) is 0 Å². The molecule has 0 saturated heterocycles. The minimum Gasteiger partial charge on any atom is -0.306 e. The van der Waals surface area contributed by atoms with Crippen molar-refractivity contribution in [2.75, 3.05) is 10.9 Å². The van der Waals surface area contributed by atoms with Gasteiger partial charge in [0.15, 0.2) is 11.6 Å². The van der Waals surface area contributed by atoms with Crippen LogP contribution < -0.4 is 22.5 Å². The maximum absolute atomic E-state index is 5.26. The number of anilines is 2. The SMILES string of the molecule is NNc1nncc2ccccc12.NNc1nncc2ccccc12. The monoisotopic (exact) mass is 320 g/mol. The van der Waals surface area contributed by atoms with Crippen molar-refractivity contribution >= 4 is 33.2 Å². The Bertz CT molecular complexity index is 867. The van der Waals surface area contributed by atoms with Crippen LogP contribution in [0.4, 0.5) is 11.6 Å². The average Bonchev–Trinajstić information content (AvgIpc) is 2.67. The van der Waals surface area contributed by atoms with Crippen molar-refractivity contribution in [3.05, 3.63) is 60.9 Å². The number of rotatable bonds is 2. The standard InChI is InChI=1S/2C8H8N4/c2*9-11-8-7-4-2-1-3-6(7)5-10-12-8/h2*1-5H,9H2,(H,11,12). The third-order valence-electron chi connectivity index (χ3n) is 3.41. The smallest absolute Gasteiger partial charge is 0.170 e. The summed E-state index contributed by atoms with van der Waals surface area (Å²) in [5.41, 5.74) is 4.99. The first kappa shape index (κ1) is 15.5. The maximum Gasteiger partial charge on any atom is 0.170 e. The molecule has 0 spiro atoms. The van der Waals surface area contributed by atoms with Gasteiger partial charge in [-0.3, -0.25) is 0 Å². The number of hydrazine groups is 2. The molecule has 2 heterocycles.